The molecule has 1 amide bonds. The molecule has 5 atom stereocenters. The molecular formula is C10H19NO6. The summed E-state index contributed by atoms with van der Waals surface area (Å²) in [6.45, 7) is 2.91. The maximum absolute atomic E-state index is 11.0. The quantitative estimate of drug-likeness (QED) is 0.457. The highest BCUT2D eigenvalue weighted by molar-refractivity contribution is 5.73. The maximum atomic E-state index is 11.0. The van der Waals surface area contributed by atoms with Crippen LogP contribution in [0.3, 0.4) is 0 Å². The van der Waals surface area contributed by atoms with E-state index in [1.165, 1.54) is 6.92 Å². The summed E-state index contributed by atoms with van der Waals surface area (Å²) < 4.78 is 10.5. The normalized spacial score (nSPS) is 37.8. The Labute approximate surface area is 99.3 Å². The van der Waals surface area contributed by atoms with E-state index in [1.807, 2.05) is 0 Å². The predicted molar refractivity (Wildman–Crippen MR) is 57.0 cm³/mol. The number of aliphatic hydroxyl groups excluding tert-OH is 3. The van der Waals surface area contributed by atoms with Crippen LogP contribution in [-0.4, -0.2) is 65.1 Å². The lowest BCUT2D eigenvalue weighted by atomic mass is 9.97. The number of ether oxygens (including phenoxy) is 2. The van der Waals surface area contributed by atoms with Gasteiger partial charge >= 0.3 is 0 Å². The molecule has 100 valence electrons. The molecule has 0 radical (unpaired) electrons. The van der Waals surface area contributed by atoms with Crippen LogP contribution in [0.2, 0.25) is 0 Å². The van der Waals surface area contributed by atoms with Crippen LogP contribution in [0.5, 0.6) is 0 Å². The zero-order valence-electron chi connectivity index (χ0n) is 9.87. The molecule has 4 N–H and O–H groups in total. The van der Waals surface area contributed by atoms with E-state index in [0.29, 0.717) is 6.61 Å². The molecule has 0 aliphatic carbocycles. The van der Waals surface area contributed by atoms with Crippen molar-refractivity contribution in [3.8, 4) is 0 Å². The van der Waals surface area contributed by atoms with Gasteiger partial charge in [0.25, 0.3) is 0 Å². The molecule has 0 bridgehead atoms. The molecule has 7 heteroatoms. The first-order valence-electron chi connectivity index (χ1n) is 5.52. The smallest absolute Gasteiger partial charge is 0.217 e. The monoisotopic (exact) mass is 249 g/mol. The van der Waals surface area contributed by atoms with Crippen molar-refractivity contribution in [2.75, 3.05) is 13.2 Å². The second-order valence-electron chi connectivity index (χ2n) is 3.89. The maximum Gasteiger partial charge on any atom is 0.217 e. The molecule has 17 heavy (non-hydrogen) atoms. The summed E-state index contributed by atoms with van der Waals surface area (Å²) in [6, 6.07) is -0.856. The third kappa shape index (κ3) is 3.36. The minimum Gasteiger partial charge on any atom is -0.394 e. The minimum absolute atomic E-state index is 0.321. The average molecular weight is 249 g/mol. The van der Waals surface area contributed by atoms with Crippen LogP contribution in [0, 0.1) is 0 Å². The van der Waals surface area contributed by atoms with Crippen molar-refractivity contribution < 1.29 is 29.6 Å². The van der Waals surface area contributed by atoms with Crippen molar-refractivity contribution in [2.24, 2.45) is 0 Å². The highest BCUT2D eigenvalue weighted by Gasteiger charge is 2.45. The zero-order valence-corrected chi connectivity index (χ0v) is 9.87. The third-order valence-corrected chi connectivity index (χ3v) is 2.58. The number of rotatable bonds is 4. The molecule has 1 heterocycles. The van der Waals surface area contributed by atoms with E-state index < -0.39 is 37.3 Å². The first-order valence-corrected chi connectivity index (χ1v) is 5.52. The predicted octanol–water partition coefficient (Wildman–Crippen LogP) is -2.03. The number of aliphatic hydroxyl groups is 3. The molecule has 0 aromatic carbocycles. The van der Waals surface area contributed by atoms with E-state index in [0.717, 1.165) is 0 Å². The summed E-state index contributed by atoms with van der Waals surface area (Å²) in [6.07, 6.45) is -4.33. The molecule has 7 nitrogen and oxygen atoms in total. The third-order valence-electron chi connectivity index (χ3n) is 2.58. The number of hydrogen-bond acceptors (Lipinski definition) is 6. The number of hydrogen-bond donors (Lipinski definition) is 4. The van der Waals surface area contributed by atoms with Crippen molar-refractivity contribution in [1.29, 1.82) is 0 Å². The highest BCUT2D eigenvalue weighted by Crippen LogP contribution is 2.21. The molecular weight excluding hydrogens is 230 g/mol. The van der Waals surface area contributed by atoms with E-state index in [4.69, 9.17) is 14.6 Å². The largest absolute Gasteiger partial charge is 0.394 e. The van der Waals surface area contributed by atoms with Crippen LogP contribution >= 0.6 is 0 Å². The van der Waals surface area contributed by atoms with E-state index >= 15 is 0 Å². The fourth-order valence-electron chi connectivity index (χ4n) is 1.78. The van der Waals surface area contributed by atoms with Crippen molar-refractivity contribution in [1.82, 2.24) is 5.32 Å². The summed E-state index contributed by atoms with van der Waals surface area (Å²) >= 11 is 0. The van der Waals surface area contributed by atoms with Gasteiger partial charge in [0, 0.05) is 13.5 Å². The molecule has 0 spiro atoms. The summed E-state index contributed by atoms with van der Waals surface area (Å²) in [5.41, 5.74) is 0. The van der Waals surface area contributed by atoms with Gasteiger partial charge in [0.05, 0.1) is 6.61 Å². The standard InChI is InChI=1S/C10H19NO6/c1-3-16-10-7(11-5(2)13)9(15)8(14)6(4-12)17-10/h6-10,12,14-15H,3-4H2,1-2H3,(H,11,13)/t6-,7-,8+,9-,10-/m0/s1. The molecule has 1 aliphatic rings. The van der Waals surface area contributed by atoms with E-state index in [-0.39, 0.29) is 5.91 Å². The Morgan fingerprint density at radius 2 is 2.06 bits per heavy atom. The summed E-state index contributed by atoms with van der Waals surface area (Å²) in [4.78, 5) is 11.0. The Morgan fingerprint density at radius 3 is 2.53 bits per heavy atom. The topological polar surface area (TPSA) is 108 Å². The lowest BCUT2D eigenvalue weighted by Gasteiger charge is -2.42. The first-order chi connectivity index (χ1) is 8.01. The molecule has 0 unspecified atom stereocenters. The van der Waals surface area contributed by atoms with E-state index in [1.54, 1.807) is 6.92 Å². The van der Waals surface area contributed by atoms with Crippen LogP contribution in [0.15, 0.2) is 0 Å². The minimum atomic E-state index is -1.27. The van der Waals surface area contributed by atoms with Crippen LogP contribution in [0.1, 0.15) is 13.8 Å². The molecule has 1 saturated heterocycles. The Morgan fingerprint density at radius 1 is 1.41 bits per heavy atom. The Balaban J connectivity index is 2.78. The Kier molecular flexibility index (Phi) is 5.29. The van der Waals surface area contributed by atoms with Gasteiger partial charge in [-0.15, -0.1) is 0 Å². The van der Waals surface area contributed by atoms with Gasteiger partial charge in [-0.2, -0.15) is 0 Å². The van der Waals surface area contributed by atoms with Gasteiger partial charge < -0.3 is 30.1 Å². The number of carbonyl (C=O) groups excluding carboxylic acids is 1. The molecule has 1 aliphatic heterocycles. The van der Waals surface area contributed by atoms with Gasteiger partial charge in [0.1, 0.15) is 24.4 Å². The fourth-order valence-corrected chi connectivity index (χ4v) is 1.78. The average Bonchev–Trinajstić information content (AvgIpc) is 2.28. The van der Waals surface area contributed by atoms with Crippen LogP contribution in [0.25, 0.3) is 0 Å². The van der Waals surface area contributed by atoms with Crippen molar-refractivity contribution in [3.63, 3.8) is 0 Å². The Bertz CT molecular complexity index is 261. The molecule has 0 saturated carbocycles. The fraction of sp³-hybridized carbons (Fsp3) is 0.900. The van der Waals surface area contributed by atoms with Crippen LogP contribution < -0.4 is 5.32 Å². The van der Waals surface area contributed by atoms with Gasteiger partial charge in [-0.1, -0.05) is 0 Å². The van der Waals surface area contributed by atoms with Crippen molar-refractivity contribution in [2.45, 2.75) is 44.5 Å². The van der Waals surface area contributed by atoms with E-state index in [9.17, 15) is 15.0 Å². The molecule has 0 aromatic rings. The summed E-state index contributed by atoms with van der Waals surface area (Å²) in [7, 11) is 0. The van der Waals surface area contributed by atoms with Gasteiger partial charge in [-0.05, 0) is 6.92 Å². The second-order valence-corrected chi connectivity index (χ2v) is 3.89. The number of nitrogens with one attached hydrogen (secondary N) is 1. The van der Waals surface area contributed by atoms with Crippen LogP contribution in [-0.2, 0) is 14.3 Å². The van der Waals surface area contributed by atoms with Gasteiger partial charge in [0.15, 0.2) is 6.29 Å². The van der Waals surface area contributed by atoms with E-state index in [2.05, 4.69) is 5.32 Å². The molecule has 0 aromatic heterocycles. The first kappa shape index (κ1) is 14.3. The molecule has 1 rings (SSSR count). The van der Waals surface area contributed by atoms with Crippen LogP contribution in [0.4, 0.5) is 0 Å². The van der Waals surface area contributed by atoms with Crippen molar-refractivity contribution >= 4 is 5.91 Å². The number of carbonyl (C=O) groups is 1. The Hall–Kier alpha value is -0.730. The lowest BCUT2D eigenvalue weighted by molar-refractivity contribution is -0.268. The van der Waals surface area contributed by atoms with Crippen molar-refractivity contribution in [3.05, 3.63) is 0 Å². The van der Waals surface area contributed by atoms with Gasteiger partial charge in [-0.3, -0.25) is 4.79 Å². The van der Waals surface area contributed by atoms with Gasteiger partial charge in [-0.25, -0.2) is 0 Å². The summed E-state index contributed by atoms with van der Waals surface area (Å²) in [5, 5.41) is 31.0. The second kappa shape index (κ2) is 6.27. The summed E-state index contributed by atoms with van der Waals surface area (Å²) in [5.74, 6) is -0.364. The SMILES string of the molecule is CCO[C@H]1O[C@@H](CO)[C@@H](O)[C@@H](O)[C@@H]1NC(C)=O. The number of amides is 1. The zero-order chi connectivity index (χ0) is 13.0. The highest BCUT2D eigenvalue weighted by atomic mass is 16.7. The molecule has 1 fully saturated rings. The van der Waals surface area contributed by atoms with Gasteiger partial charge in [0.2, 0.25) is 5.91 Å². The lowest BCUT2D eigenvalue weighted by Crippen LogP contribution is -2.64.